The molecule has 5 heteroatoms. The van der Waals surface area contributed by atoms with Crippen molar-refractivity contribution < 1.29 is 19.4 Å². The molecule has 0 aromatic heterocycles. The maximum absolute atomic E-state index is 12.2. The fourth-order valence-corrected chi connectivity index (χ4v) is 2.57. The van der Waals surface area contributed by atoms with Crippen LogP contribution in [0.3, 0.4) is 0 Å². The van der Waals surface area contributed by atoms with Gasteiger partial charge in [-0.1, -0.05) is 13.8 Å². The lowest BCUT2D eigenvalue weighted by molar-refractivity contribution is -0.0689. The number of amides is 1. The van der Waals surface area contributed by atoms with Crippen molar-refractivity contribution >= 4 is 5.91 Å². The summed E-state index contributed by atoms with van der Waals surface area (Å²) in [4.78, 5) is 12.2. The van der Waals surface area contributed by atoms with Gasteiger partial charge in [-0.2, -0.15) is 0 Å². The van der Waals surface area contributed by atoms with Crippen molar-refractivity contribution in [1.29, 1.82) is 0 Å². The third kappa shape index (κ3) is 2.12. The number of benzene rings is 1. The molecule has 108 valence electrons. The summed E-state index contributed by atoms with van der Waals surface area (Å²) in [6.45, 7) is 4.94. The normalized spacial score (nSPS) is 26.6. The van der Waals surface area contributed by atoms with Gasteiger partial charge in [0.15, 0.2) is 11.5 Å². The lowest BCUT2D eigenvalue weighted by Gasteiger charge is -2.49. The maximum Gasteiger partial charge on any atom is 0.251 e. The molecule has 2 atom stereocenters. The first-order chi connectivity index (χ1) is 9.48. The van der Waals surface area contributed by atoms with E-state index in [0.717, 1.165) is 0 Å². The highest BCUT2D eigenvalue weighted by molar-refractivity contribution is 5.95. The molecule has 2 unspecified atom stereocenters. The summed E-state index contributed by atoms with van der Waals surface area (Å²) in [5.74, 6) is 1.14. The van der Waals surface area contributed by atoms with Crippen LogP contribution < -0.4 is 14.8 Å². The lowest BCUT2D eigenvalue weighted by Crippen LogP contribution is -2.61. The van der Waals surface area contributed by atoms with Crippen LogP contribution in [-0.2, 0) is 0 Å². The van der Waals surface area contributed by atoms with Crippen LogP contribution in [0.1, 0.15) is 30.6 Å². The topological polar surface area (TPSA) is 67.8 Å². The predicted octanol–water partition coefficient (Wildman–Crippen LogP) is 1.35. The zero-order valence-corrected chi connectivity index (χ0v) is 11.7. The van der Waals surface area contributed by atoms with Crippen molar-refractivity contribution in [1.82, 2.24) is 5.32 Å². The molecule has 1 aliphatic carbocycles. The summed E-state index contributed by atoms with van der Waals surface area (Å²) in [5, 5.41) is 12.7. The molecule has 1 aromatic carbocycles. The van der Waals surface area contributed by atoms with E-state index in [1.165, 1.54) is 0 Å². The van der Waals surface area contributed by atoms with E-state index in [9.17, 15) is 9.90 Å². The van der Waals surface area contributed by atoms with Crippen molar-refractivity contribution in [2.45, 2.75) is 32.4 Å². The molecule has 2 N–H and O–H groups in total. The maximum atomic E-state index is 12.2. The Balaban J connectivity index is 1.72. The summed E-state index contributed by atoms with van der Waals surface area (Å²) < 4.78 is 10.9. The van der Waals surface area contributed by atoms with Crippen LogP contribution in [0.4, 0.5) is 0 Å². The Morgan fingerprint density at radius 3 is 2.65 bits per heavy atom. The van der Waals surface area contributed by atoms with Crippen LogP contribution in [0, 0.1) is 5.41 Å². The standard InChI is InChI=1S/C15H19NO4/c1-15(2)12(8-13(15)17)16-14(18)9-3-4-10-11(7-9)20-6-5-19-10/h3-4,7,12-13,17H,5-6,8H2,1-2H3,(H,16,18). The van der Waals surface area contributed by atoms with E-state index in [1.807, 2.05) is 13.8 Å². The van der Waals surface area contributed by atoms with E-state index in [4.69, 9.17) is 9.47 Å². The average molecular weight is 277 g/mol. The van der Waals surface area contributed by atoms with Gasteiger partial charge in [-0.15, -0.1) is 0 Å². The Morgan fingerprint density at radius 1 is 1.30 bits per heavy atom. The molecule has 2 aliphatic rings. The van der Waals surface area contributed by atoms with Gasteiger partial charge >= 0.3 is 0 Å². The number of aliphatic hydroxyl groups excluding tert-OH is 1. The van der Waals surface area contributed by atoms with Gasteiger partial charge in [0.05, 0.1) is 6.10 Å². The summed E-state index contributed by atoms with van der Waals surface area (Å²) >= 11 is 0. The average Bonchev–Trinajstić information content (AvgIpc) is 2.46. The molecule has 1 aromatic rings. The molecule has 5 nitrogen and oxygen atoms in total. The molecule has 1 heterocycles. The van der Waals surface area contributed by atoms with Gasteiger partial charge in [0.2, 0.25) is 0 Å². The number of carbonyl (C=O) groups is 1. The lowest BCUT2D eigenvalue weighted by atomic mass is 9.64. The van der Waals surface area contributed by atoms with Gasteiger partial charge in [0, 0.05) is 17.0 Å². The van der Waals surface area contributed by atoms with Crippen molar-refractivity contribution in [2.24, 2.45) is 5.41 Å². The number of carbonyl (C=O) groups excluding carboxylic acids is 1. The molecule has 0 saturated heterocycles. The molecular formula is C15H19NO4. The number of rotatable bonds is 2. The van der Waals surface area contributed by atoms with Crippen LogP contribution >= 0.6 is 0 Å². The molecule has 3 rings (SSSR count). The minimum Gasteiger partial charge on any atom is -0.486 e. The SMILES string of the molecule is CC1(C)C(O)CC1NC(=O)c1ccc2c(c1)OCCO2. The Hall–Kier alpha value is -1.75. The Morgan fingerprint density at radius 2 is 2.00 bits per heavy atom. The second-order valence-electron chi connectivity index (χ2n) is 5.96. The number of hydrogen-bond donors (Lipinski definition) is 2. The first-order valence-corrected chi connectivity index (χ1v) is 6.87. The summed E-state index contributed by atoms with van der Waals surface area (Å²) in [7, 11) is 0. The van der Waals surface area contributed by atoms with Gasteiger partial charge in [-0.05, 0) is 24.6 Å². The van der Waals surface area contributed by atoms with Crippen molar-refractivity contribution in [2.75, 3.05) is 13.2 Å². The number of nitrogens with one attached hydrogen (secondary N) is 1. The summed E-state index contributed by atoms with van der Waals surface area (Å²) in [6, 6.07) is 5.18. The van der Waals surface area contributed by atoms with Gasteiger partial charge in [-0.3, -0.25) is 4.79 Å². The van der Waals surface area contributed by atoms with E-state index in [-0.39, 0.29) is 23.5 Å². The highest BCUT2D eigenvalue weighted by Crippen LogP contribution is 2.40. The number of hydrogen-bond acceptors (Lipinski definition) is 4. The molecule has 1 aliphatic heterocycles. The second kappa shape index (κ2) is 4.66. The molecule has 0 radical (unpaired) electrons. The van der Waals surface area contributed by atoms with E-state index >= 15 is 0 Å². The number of aliphatic hydroxyl groups is 1. The molecule has 20 heavy (non-hydrogen) atoms. The van der Waals surface area contributed by atoms with Crippen LogP contribution in [0.15, 0.2) is 18.2 Å². The van der Waals surface area contributed by atoms with E-state index in [2.05, 4.69) is 5.32 Å². The van der Waals surface area contributed by atoms with Crippen LogP contribution in [0.5, 0.6) is 11.5 Å². The van der Waals surface area contributed by atoms with Crippen LogP contribution in [0.25, 0.3) is 0 Å². The largest absolute Gasteiger partial charge is 0.486 e. The fraction of sp³-hybridized carbons (Fsp3) is 0.533. The van der Waals surface area contributed by atoms with Gasteiger partial charge in [0.25, 0.3) is 5.91 Å². The summed E-state index contributed by atoms with van der Waals surface area (Å²) in [5.41, 5.74) is 0.273. The number of fused-ring (bicyclic) bond motifs is 1. The second-order valence-corrected chi connectivity index (χ2v) is 5.96. The minimum atomic E-state index is -0.354. The van der Waals surface area contributed by atoms with Crippen LogP contribution in [0.2, 0.25) is 0 Å². The first kappa shape index (κ1) is 13.2. The van der Waals surface area contributed by atoms with Crippen molar-refractivity contribution in [3.8, 4) is 11.5 Å². The zero-order chi connectivity index (χ0) is 14.3. The Kier molecular flexibility index (Phi) is 3.09. The fourth-order valence-electron chi connectivity index (χ4n) is 2.57. The smallest absolute Gasteiger partial charge is 0.251 e. The molecule has 0 spiro atoms. The van der Waals surface area contributed by atoms with Gasteiger partial charge in [0.1, 0.15) is 13.2 Å². The van der Waals surface area contributed by atoms with E-state index in [0.29, 0.717) is 36.7 Å². The van der Waals surface area contributed by atoms with Crippen molar-refractivity contribution in [3.63, 3.8) is 0 Å². The summed E-state index contributed by atoms with van der Waals surface area (Å²) in [6.07, 6.45) is 0.247. The quantitative estimate of drug-likeness (QED) is 0.856. The zero-order valence-electron chi connectivity index (χ0n) is 11.7. The minimum absolute atomic E-state index is 0.00167. The van der Waals surface area contributed by atoms with Crippen LogP contribution in [-0.4, -0.2) is 36.4 Å². The monoisotopic (exact) mass is 277 g/mol. The number of ether oxygens (including phenoxy) is 2. The molecule has 0 bridgehead atoms. The molecule has 1 saturated carbocycles. The molecule has 1 amide bonds. The van der Waals surface area contributed by atoms with Crippen molar-refractivity contribution in [3.05, 3.63) is 23.8 Å². The Labute approximate surface area is 117 Å². The van der Waals surface area contributed by atoms with E-state index in [1.54, 1.807) is 18.2 Å². The third-order valence-corrected chi connectivity index (χ3v) is 4.33. The van der Waals surface area contributed by atoms with Gasteiger partial charge in [-0.25, -0.2) is 0 Å². The third-order valence-electron chi connectivity index (χ3n) is 4.33. The highest BCUT2D eigenvalue weighted by atomic mass is 16.6. The first-order valence-electron chi connectivity index (χ1n) is 6.87. The Bertz CT molecular complexity index is 541. The molecular weight excluding hydrogens is 258 g/mol. The van der Waals surface area contributed by atoms with Gasteiger partial charge < -0.3 is 19.9 Å². The van der Waals surface area contributed by atoms with E-state index < -0.39 is 0 Å². The predicted molar refractivity (Wildman–Crippen MR) is 73.1 cm³/mol. The molecule has 1 fully saturated rings. The highest BCUT2D eigenvalue weighted by Gasteiger charge is 2.48.